The van der Waals surface area contributed by atoms with E-state index in [1.165, 1.54) is 0 Å². The fourth-order valence-corrected chi connectivity index (χ4v) is 2.53. The SMILES string of the molecule is NNC(c1ccoc1)c1sccc1Cl. The van der Waals surface area contributed by atoms with Crippen LogP contribution < -0.4 is 11.3 Å². The molecule has 3 N–H and O–H groups in total. The maximum Gasteiger partial charge on any atom is 0.0954 e. The van der Waals surface area contributed by atoms with Crippen molar-refractivity contribution in [3.8, 4) is 0 Å². The van der Waals surface area contributed by atoms with Gasteiger partial charge in [0.1, 0.15) is 0 Å². The first-order chi connectivity index (χ1) is 6.83. The van der Waals surface area contributed by atoms with Crippen molar-refractivity contribution in [3.05, 3.63) is 45.5 Å². The zero-order chi connectivity index (χ0) is 9.97. The second-order valence-corrected chi connectivity index (χ2v) is 4.14. The van der Waals surface area contributed by atoms with Gasteiger partial charge in [0.2, 0.25) is 0 Å². The summed E-state index contributed by atoms with van der Waals surface area (Å²) in [5.41, 5.74) is 3.68. The minimum Gasteiger partial charge on any atom is -0.472 e. The highest BCUT2D eigenvalue weighted by atomic mass is 35.5. The summed E-state index contributed by atoms with van der Waals surface area (Å²) < 4.78 is 5.00. The summed E-state index contributed by atoms with van der Waals surface area (Å²) in [7, 11) is 0. The van der Waals surface area contributed by atoms with E-state index in [1.54, 1.807) is 23.9 Å². The van der Waals surface area contributed by atoms with E-state index in [4.69, 9.17) is 21.9 Å². The Hall–Kier alpha value is -0.810. The molecule has 0 bridgehead atoms. The van der Waals surface area contributed by atoms with Crippen LogP contribution in [0.1, 0.15) is 16.5 Å². The molecule has 0 saturated heterocycles. The van der Waals surface area contributed by atoms with Crippen LogP contribution in [0.5, 0.6) is 0 Å². The number of rotatable bonds is 3. The summed E-state index contributed by atoms with van der Waals surface area (Å²) in [5, 5.41) is 2.65. The summed E-state index contributed by atoms with van der Waals surface area (Å²) in [6.07, 6.45) is 3.27. The molecule has 14 heavy (non-hydrogen) atoms. The molecular formula is C9H9ClN2OS. The van der Waals surface area contributed by atoms with Gasteiger partial charge in [-0.3, -0.25) is 5.84 Å². The highest BCUT2D eigenvalue weighted by Crippen LogP contribution is 2.32. The van der Waals surface area contributed by atoms with Gasteiger partial charge in [0.15, 0.2) is 0 Å². The van der Waals surface area contributed by atoms with E-state index in [1.807, 2.05) is 17.5 Å². The molecule has 2 heterocycles. The third-order valence-corrected chi connectivity index (χ3v) is 3.37. The molecule has 0 fully saturated rings. The Balaban J connectivity index is 2.36. The second-order valence-electron chi connectivity index (χ2n) is 2.79. The Morgan fingerprint density at radius 3 is 2.86 bits per heavy atom. The summed E-state index contributed by atoms with van der Waals surface area (Å²) in [4.78, 5) is 0.996. The molecule has 2 aromatic rings. The maximum atomic E-state index is 6.01. The minimum atomic E-state index is -0.0961. The van der Waals surface area contributed by atoms with Crippen LogP contribution >= 0.6 is 22.9 Å². The molecule has 1 atom stereocenters. The van der Waals surface area contributed by atoms with E-state index < -0.39 is 0 Å². The number of nitrogens with two attached hydrogens (primary N) is 1. The molecule has 2 aromatic heterocycles. The lowest BCUT2D eigenvalue weighted by atomic mass is 10.1. The molecule has 0 spiro atoms. The third-order valence-electron chi connectivity index (χ3n) is 1.95. The number of hydrazine groups is 1. The molecule has 2 rings (SSSR count). The van der Waals surface area contributed by atoms with Crippen LogP contribution in [0.25, 0.3) is 0 Å². The van der Waals surface area contributed by atoms with Gasteiger partial charge in [-0.1, -0.05) is 11.6 Å². The number of thiophene rings is 1. The lowest BCUT2D eigenvalue weighted by Gasteiger charge is -2.12. The standard InChI is InChI=1S/C9H9ClN2OS/c10-7-2-4-14-9(7)8(12-11)6-1-3-13-5-6/h1-5,8,12H,11H2. The van der Waals surface area contributed by atoms with E-state index in [2.05, 4.69) is 5.43 Å². The molecule has 0 aliphatic carbocycles. The van der Waals surface area contributed by atoms with Crippen LogP contribution in [0.2, 0.25) is 5.02 Å². The minimum absolute atomic E-state index is 0.0961. The molecule has 0 radical (unpaired) electrons. The Morgan fingerprint density at radius 2 is 2.36 bits per heavy atom. The summed E-state index contributed by atoms with van der Waals surface area (Å²) >= 11 is 7.58. The molecule has 0 aliphatic rings. The van der Waals surface area contributed by atoms with Crippen molar-refractivity contribution < 1.29 is 4.42 Å². The molecule has 0 amide bonds. The van der Waals surface area contributed by atoms with Crippen molar-refractivity contribution in [1.29, 1.82) is 0 Å². The van der Waals surface area contributed by atoms with Crippen molar-refractivity contribution in [1.82, 2.24) is 5.43 Å². The van der Waals surface area contributed by atoms with Gasteiger partial charge in [-0.05, 0) is 17.5 Å². The lowest BCUT2D eigenvalue weighted by Crippen LogP contribution is -2.28. The average Bonchev–Trinajstić information content (AvgIpc) is 2.80. The number of hydrogen-bond acceptors (Lipinski definition) is 4. The van der Waals surface area contributed by atoms with E-state index in [0.29, 0.717) is 0 Å². The summed E-state index contributed by atoms with van der Waals surface area (Å²) in [5.74, 6) is 5.48. The van der Waals surface area contributed by atoms with Crippen LogP contribution in [-0.2, 0) is 0 Å². The molecule has 0 aliphatic heterocycles. The first-order valence-electron chi connectivity index (χ1n) is 4.04. The van der Waals surface area contributed by atoms with Crippen molar-refractivity contribution in [2.75, 3.05) is 0 Å². The van der Waals surface area contributed by atoms with Crippen LogP contribution in [0.15, 0.2) is 34.5 Å². The van der Waals surface area contributed by atoms with Gasteiger partial charge in [0.05, 0.1) is 23.6 Å². The Morgan fingerprint density at radius 1 is 1.50 bits per heavy atom. The van der Waals surface area contributed by atoms with Crippen molar-refractivity contribution in [3.63, 3.8) is 0 Å². The van der Waals surface area contributed by atoms with E-state index in [-0.39, 0.29) is 6.04 Å². The number of nitrogens with one attached hydrogen (secondary N) is 1. The topological polar surface area (TPSA) is 51.2 Å². The van der Waals surface area contributed by atoms with E-state index in [9.17, 15) is 0 Å². The van der Waals surface area contributed by atoms with Gasteiger partial charge in [-0.25, -0.2) is 5.43 Å². The number of halogens is 1. The predicted molar refractivity (Wildman–Crippen MR) is 57.2 cm³/mol. The monoisotopic (exact) mass is 228 g/mol. The zero-order valence-corrected chi connectivity index (χ0v) is 8.81. The smallest absolute Gasteiger partial charge is 0.0954 e. The lowest BCUT2D eigenvalue weighted by molar-refractivity contribution is 0.554. The third kappa shape index (κ3) is 1.69. The largest absolute Gasteiger partial charge is 0.472 e. The maximum absolute atomic E-state index is 6.01. The van der Waals surface area contributed by atoms with E-state index >= 15 is 0 Å². The number of furan rings is 1. The Kier molecular flexibility index (Phi) is 2.88. The van der Waals surface area contributed by atoms with Crippen molar-refractivity contribution >= 4 is 22.9 Å². The van der Waals surface area contributed by atoms with Gasteiger partial charge < -0.3 is 4.42 Å². The molecule has 0 aromatic carbocycles. The predicted octanol–water partition coefficient (Wildman–Crippen LogP) is 2.55. The van der Waals surface area contributed by atoms with Gasteiger partial charge in [-0.2, -0.15) is 0 Å². The average molecular weight is 229 g/mol. The van der Waals surface area contributed by atoms with Crippen LogP contribution in [0, 0.1) is 0 Å². The normalized spacial score (nSPS) is 13.0. The van der Waals surface area contributed by atoms with Crippen molar-refractivity contribution in [2.45, 2.75) is 6.04 Å². The summed E-state index contributed by atoms with van der Waals surface area (Å²) in [6.45, 7) is 0. The first kappa shape index (κ1) is 9.73. The molecular weight excluding hydrogens is 220 g/mol. The highest BCUT2D eigenvalue weighted by Gasteiger charge is 2.17. The van der Waals surface area contributed by atoms with E-state index in [0.717, 1.165) is 15.5 Å². The van der Waals surface area contributed by atoms with Crippen LogP contribution in [-0.4, -0.2) is 0 Å². The van der Waals surface area contributed by atoms with Gasteiger partial charge >= 0.3 is 0 Å². The quantitative estimate of drug-likeness (QED) is 0.627. The first-order valence-corrected chi connectivity index (χ1v) is 5.30. The molecule has 74 valence electrons. The fourth-order valence-electron chi connectivity index (χ4n) is 1.27. The molecule has 3 nitrogen and oxygen atoms in total. The molecule has 1 unspecified atom stereocenters. The molecule has 0 saturated carbocycles. The second kappa shape index (κ2) is 4.14. The van der Waals surface area contributed by atoms with Crippen LogP contribution in [0.3, 0.4) is 0 Å². The summed E-state index contributed by atoms with van der Waals surface area (Å²) in [6, 6.07) is 3.62. The van der Waals surface area contributed by atoms with Crippen molar-refractivity contribution in [2.24, 2.45) is 5.84 Å². The molecule has 5 heteroatoms. The Labute approximate surface area is 90.5 Å². The van der Waals surface area contributed by atoms with Gasteiger partial charge in [0.25, 0.3) is 0 Å². The van der Waals surface area contributed by atoms with Gasteiger partial charge in [-0.15, -0.1) is 11.3 Å². The zero-order valence-electron chi connectivity index (χ0n) is 7.24. The number of hydrogen-bond donors (Lipinski definition) is 2. The van der Waals surface area contributed by atoms with Gasteiger partial charge in [0, 0.05) is 10.4 Å². The Bertz CT molecular complexity index is 399. The highest BCUT2D eigenvalue weighted by molar-refractivity contribution is 7.10. The fraction of sp³-hybridized carbons (Fsp3) is 0.111. The van der Waals surface area contributed by atoms with Crippen LogP contribution in [0.4, 0.5) is 0 Å².